The Morgan fingerprint density at radius 2 is 1.48 bits per heavy atom. The molecule has 0 aliphatic rings. The van der Waals surface area contributed by atoms with Gasteiger partial charge in [-0.15, -0.1) is 0 Å². The Balaban J connectivity index is 2.33. The van der Waals surface area contributed by atoms with Gasteiger partial charge in [0.15, 0.2) is 23.0 Å². The molecule has 2 N–H and O–H groups in total. The third kappa shape index (κ3) is 4.53. The van der Waals surface area contributed by atoms with Crippen molar-refractivity contribution in [2.75, 3.05) is 14.2 Å². The van der Waals surface area contributed by atoms with Crippen LogP contribution in [0.1, 0.15) is 31.1 Å². The fourth-order valence-corrected chi connectivity index (χ4v) is 2.41. The molecule has 0 aromatic heterocycles. The molecule has 134 valence electrons. The van der Waals surface area contributed by atoms with Crippen molar-refractivity contribution in [2.45, 2.75) is 26.1 Å². The Morgan fingerprint density at radius 3 is 2.04 bits per heavy atom. The van der Waals surface area contributed by atoms with Crippen molar-refractivity contribution in [3.05, 3.63) is 53.6 Å². The second-order valence-electron chi connectivity index (χ2n) is 5.61. The maximum atomic E-state index is 9.99. The van der Waals surface area contributed by atoms with Crippen molar-refractivity contribution in [1.29, 1.82) is 0 Å². The zero-order valence-electron chi connectivity index (χ0n) is 14.9. The monoisotopic (exact) mass is 344 g/mol. The molecule has 0 saturated heterocycles. The van der Waals surface area contributed by atoms with Gasteiger partial charge in [-0.05, 0) is 49.2 Å². The van der Waals surface area contributed by atoms with Crippen LogP contribution in [-0.4, -0.2) is 30.5 Å². The molecule has 0 spiro atoms. The predicted molar refractivity (Wildman–Crippen MR) is 97.4 cm³/mol. The van der Waals surface area contributed by atoms with E-state index in [-0.39, 0.29) is 0 Å². The van der Waals surface area contributed by atoms with E-state index in [1.165, 1.54) is 14.0 Å². The van der Waals surface area contributed by atoms with Gasteiger partial charge in [0.2, 0.25) is 0 Å². The first-order valence-electron chi connectivity index (χ1n) is 8.02. The smallest absolute Gasteiger partial charge is 0.169 e. The van der Waals surface area contributed by atoms with Crippen LogP contribution in [-0.2, 0) is 0 Å². The van der Waals surface area contributed by atoms with E-state index in [0.29, 0.717) is 28.6 Å². The maximum Gasteiger partial charge on any atom is 0.169 e. The first-order valence-corrected chi connectivity index (χ1v) is 8.02. The number of rotatable bonds is 7. The fourth-order valence-electron chi connectivity index (χ4n) is 2.41. The minimum atomic E-state index is -0.988. The summed E-state index contributed by atoms with van der Waals surface area (Å²) in [4.78, 5) is 0. The number of hydrogen-bond acceptors (Lipinski definition) is 5. The summed E-state index contributed by atoms with van der Waals surface area (Å²) in [6.07, 6.45) is 2.05. The van der Waals surface area contributed by atoms with E-state index in [2.05, 4.69) is 0 Å². The molecule has 5 nitrogen and oxygen atoms in total. The van der Waals surface area contributed by atoms with E-state index < -0.39 is 12.2 Å². The van der Waals surface area contributed by atoms with Crippen LogP contribution >= 0.6 is 0 Å². The molecule has 0 aliphatic heterocycles. The minimum absolute atomic E-state index is 0.455. The molecule has 2 atom stereocenters. The highest BCUT2D eigenvalue weighted by molar-refractivity contribution is 5.57. The Morgan fingerprint density at radius 1 is 0.880 bits per heavy atom. The molecule has 0 amide bonds. The number of methoxy groups -OCH3 is 2. The highest BCUT2D eigenvalue weighted by Gasteiger charge is 2.17. The van der Waals surface area contributed by atoms with Crippen LogP contribution in [0, 0.1) is 0 Å². The summed E-state index contributed by atoms with van der Waals surface area (Å²) in [6, 6.07) is 10.7. The Bertz CT molecular complexity index is 737. The predicted octanol–water partition coefficient (Wildman–Crippen LogP) is 3.94. The quantitative estimate of drug-likeness (QED) is 0.796. The van der Waals surface area contributed by atoms with Crippen molar-refractivity contribution in [1.82, 2.24) is 0 Å². The maximum absolute atomic E-state index is 9.99. The van der Waals surface area contributed by atoms with E-state index in [1.54, 1.807) is 25.3 Å². The lowest BCUT2D eigenvalue weighted by Gasteiger charge is -2.17. The van der Waals surface area contributed by atoms with E-state index >= 15 is 0 Å². The summed E-state index contributed by atoms with van der Waals surface area (Å²) >= 11 is 0. The van der Waals surface area contributed by atoms with Crippen LogP contribution < -0.4 is 14.2 Å². The molecule has 0 heterocycles. The molecule has 0 saturated carbocycles. The minimum Gasteiger partial charge on any atom is -0.493 e. The highest BCUT2D eigenvalue weighted by Crippen LogP contribution is 2.38. The normalized spacial score (nSPS) is 13.5. The lowest BCUT2D eigenvalue weighted by atomic mass is 10.0. The number of ether oxygens (including phenoxy) is 3. The Hall–Kier alpha value is -2.50. The highest BCUT2D eigenvalue weighted by atomic mass is 16.5. The van der Waals surface area contributed by atoms with Gasteiger partial charge in [0, 0.05) is 0 Å². The summed E-state index contributed by atoms with van der Waals surface area (Å²) in [5.74, 6) is 2.10. The second kappa shape index (κ2) is 8.55. The molecule has 0 bridgehead atoms. The van der Waals surface area contributed by atoms with Gasteiger partial charge in [0.05, 0.1) is 20.3 Å². The molecule has 2 aromatic carbocycles. The Kier molecular flexibility index (Phi) is 6.44. The number of aliphatic hydroxyl groups excluding tert-OH is 2. The zero-order valence-corrected chi connectivity index (χ0v) is 14.9. The molecule has 2 unspecified atom stereocenters. The van der Waals surface area contributed by atoms with Crippen LogP contribution in [0.3, 0.4) is 0 Å². The van der Waals surface area contributed by atoms with Crippen LogP contribution in [0.4, 0.5) is 0 Å². The van der Waals surface area contributed by atoms with Gasteiger partial charge in [-0.25, -0.2) is 0 Å². The lowest BCUT2D eigenvalue weighted by Crippen LogP contribution is -2.13. The lowest BCUT2D eigenvalue weighted by molar-refractivity contribution is 0.0304. The second-order valence-corrected chi connectivity index (χ2v) is 5.61. The number of benzene rings is 2. The topological polar surface area (TPSA) is 68.2 Å². The van der Waals surface area contributed by atoms with Gasteiger partial charge >= 0.3 is 0 Å². The van der Waals surface area contributed by atoms with E-state index in [0.717, 1.165) is 5.56 Å². The van der Waals surface area contributed by atoms with Crippen molar-refractivity contribution < 1.29 is 24.4 Å². The summed E-state index contributed by atoms with van der Waals surface area (Å²) in [5, 5.41) is 19.5. The van der Waals surface area contributed by atoms with E-state index in [9.17, 15) is 10.2 Å². The number of hydrogen-bond donors (Lipinski definition) is 2. The average molecular weight is 344 g/mol. The third-order valence-corrected chi connectivity index (χ3v) is 3.75. The van der Waals surface area contributed by atoms with Crippen molar-refractivity contribution in [3.8, 4) is 23.0 Å². The van der Waals surface area contributed by atoms with E-state index in [1.807, 2.05) is 37.3 Å². The van der Waals surface area contributed by atoms with Crippen LogP contribution in [0.2, 0.25) is 0 Å². The van der Waals surface area contributed by atoms with Gasteiger partial charge < -0.3 is 24.4 Å². The largest absolute Gasteiger partial charge is 0.493 e. The van der Waals surface area contributed by atoms with Gasteiger partial charge in [-0.1, -0.05) is 24.3 Å². The molecule has 5 heteroatoms. The molecule has 0 radical (unpaired) electrons. The zero-order chi connectivity index (χ0) is 18.4. The van der Waals surface area contributed by atoms with E-state index in [4.69, 9.17) is 14.2 Å². The number of allylic oxidation sites excluding steroid dienone is 1. The van der Waals surface area contributed by atoms with Crippen LogP contribution in [0.25, 0.3) is 6.08 Å². The van der Waals surface area contributed by atoms with Gasteiger partial charge in [-0.3, -0.25) is 0 Å². The van der Waals surface area contributed by atoms with Gasteiger partial charge in [0.1, 0.15) is 6.10 Å². The molecule has 2 rings (SSSR count). The van der Waals surface area contributed by atoms with Crippen molar-refractivity contribution in [3.63, 3.8) is 0 Å². The summed E-state index contributed by atoms with van der Waals surface area (Å²) in [5.41, 5.74) is 1.56. The summed E-state index contributed by atoms with van der Waals surface area (Å²) in [6.45, 7) is 3.48. The Labute approximate surface area is 148 Å². The molecule has 0 aliphatic carbocycles. The third-order valence-electron chi connectivity index (χ3n) is 3.75. The van der Waals surface area contributed by atoms with Crippen molar-refractivity contribution >= 4 is 6.08 Å². The average Bonchev–Trinajstić information content (AvgIpc) is 2.62. The molecular weight excluding hydrogens is 320 g/mol. The molecule has 0 fully saturated rings. The molecule has 25 heavy (non-hydrogen) atoms. The summed E-state index contributed by atoms with van der Waals surface area (Å²) < 4.78 is 16.7. The van der Waals surface area contributed by atoms with Crippen molar-refractivity contribution in [2.24, 2.45) is 0 Å². The fraction of sp³-hybridized carbons (Fsp3) is 0.300. The first-order chi connectivity index (χ1) is 12.0. The summed E-state index contributed by atoms with van der Waals surface area (Å²) in [7, 11) is 3.11. The molecule has 2 aromatic rings. The standard InChI is InChI=1S/C20H24O5/c1-5-6-14-7-9-16(18(11-14)23-3)25-17-10-8-15(12-19(17)24-4)20(22)13(2)21/h5-13,20-22H,1-4H3/b6-5+. The SMILES string of the molecule is C/C=C/c1ccc(Oc2ccc(C(O)C(C)O)cc2OC)c(OC)c1. The number of aliphatic hydroxyl groups is 2. The van der Waals surface area contributed by atoms with Crippen LogP contribution in [0.5, 0.6) is 23.0 Å². The van der Waals surface area contributed by atoms with Gasteiger partial charge in [0.25, 0.3) is 0 Å². The van der Waals surface area contributed by atoms with Crippen LogP contribution in [0.15, 0.2) is 42.5 Å². The van der Waals surface area contributed by atoms with Gasteiger partial charge in [-0.2, -0.15) is 0 Å². The first kappa shape index (κ1) is 18.8. The molecular formula is C20H24O5.